The molecule has 0 aromatic heterocycles. The van der Waals surface area contributed by atoms with E-state index in [1.54, 1.807) is 0 Å². The molecule has 2 rings (SSSR count). The summed E-state index contributed by atoms with van der Waals surface area (Å²) in [7, 11) is 0. The molecule has 1 heterocycles. The fourth-order valence-corrected chi connectivity index (χ4v) is 2.64. The zero-order valence-corrected chi connectivity index (χ0v) is 11.2. The van der Waals surface area contributed by atoms with Gasteiger partial charge in [-0.1, -0.05) is 32.0 Å². The van der Waals surface area contributed by atoms with Crippen LogP contribution in [0.15, 0.2) is 30.3 Å². The smallest absolute Gasteiger partial charge is 0.140 e. The first kappa shape index (κ1) is 13.4. The molecule has 100 valence electrons. The van der Waals surface area contributed by atoms with Crippen molar-refractivity contribution in [2.45, 2.75) is 38.4 Å². The quantitative estimate of drug-likeness (QED) is 0.859. The van der Waals surface area contributed by atoms with E-state index in [9.17, 15) is 5.11 Å². The van der Waals surface area contributed by atoms with Crippen molar-refractivity contribution in [3.63, 3.8) is 0 Å². The van der Waals surface area contributed by atoms with Crippen LogP contribution in [0.5, 0.6) is 5.75 Å². The zero-order valence-electron chi connectivity index (χ0n) is 11.2. The standard InChI is InChI=1S/C15H23NO2/c1-12(2)10-15(17)8-9-16-11-14(15)18-13-6-4-3-5-7-13/h3-7,12,14,16-17H,8-11H2,1-2H3/t14-,15+/m0/s1. The Morgan fingerprint density at radius 2 is 2.11 bits per heavy atom. The number of hydrogen-bond donors (Lipinski definition) is 2. The highest BCUT2D eigenvalue weighted by Crippen LogP contribution is 2.29. The number of piperidine rings is 1. The first-order chi connectivity index (χ1) is 8.60. The highest BCUT2D eigenvalue weighted by atomic mass is 16.5. The van der Waals surface area contributed by atoms with Gasteiger partial charge in [0, 0.05) is 6.54 Å². The van der Waals surface area contributed by atoms with E-state index in [1.807, 2.05) is 30.3 Å². The highest BCUT2D eigenvalue weighted by molar-refractivity contribution is 5.22. The average Bonchev–Trinajstić information content (AvgIpc) is 2.32. The SMILES string of the molecule is CC(C)C[C@]1(O)CCNC[C@@H]1Oc1ccccc1. The van der Waals surface area contributed by atoms with Gasteiger partial charge in [-0.2, -0.15) is 0 Å². The maximum atomic E-state index is 10.8. The summed E-state index contributed by atoms with van der Waals surface area (Å²) in [5.41, 5.74) is -0.713. The van der Waals surface area contributed by atoms with Crippen molar-refractivity contribution >= 4 is 0 Å². The van der Waals surface area contributed by atoms with E-state index >= 15 is 0 Å². The Bertz CT molecular complexity index is 366. The summed E-state index contributed by atoms with van der Waals surface area (Å²) in [4.78, 5) is 0. The molecule has 0 spiro atoms. The van der Waals surface area contributed by atoms with Crippen LogP contribution in [0.25, 0.3) is 0 Å². The molecule has 3 nitrogen and oxygen atoms in total. The second kappa shape index (κ2) is 5.72. The maximum Gasteiger partial charge on any atom is 0.140 e. The molecule has 2 N–H and O–H groups in total. The van der Waals surface area contributed by atoms with Crippen LogP contribution in [-0.2, 0) is 0 Å². The van der Waals surface area contributed by atoms with Gasteiger partial charge in [0.1, 0.15) is 17.5 Å². The summed E-state index contributed by atoms with van der Waals surface area (Å²) in [6.45, 7) is 5.84. The van der Waals surface area contributed by atoms with Gasteiger partial charge in [0.25, 0.3) is 0 Å². The van der Waals surface area contributed by atoms with Gasteiger partial charge >= 0.3 is 0 Å². The first-order valence-electron chi connectivity index (χ1n) is 6.75. The molecule has 1 saturated heterocycles. The van der Waals surface area contributed by atoms with Gasteiger partial charge in [-0.15, -0.1) is 0 Å². The molecule has 0 saturated carbocycles. The second-order valence-electron chi connectivity index (χ2n) is 5.58. The number of ether oxygens (including phenoxy) is 1. The van der Waals surface area contributed by atoms with E-state index in [0.717, 1.165) is 25.1 Å². The third-order valence-corrected chi connectivity index (χ3v) is 3.45. The van der Waals surface area contributed by atoms with Crippen LogP contribution >= 0.6 is 0 Å². The lowest BCUT2D eigenvalue weighted by Gasteiger charge is -2.41. The predicted octanol–water partition coefficient (Wildman–Crippen LogP) is 2.20. The Hall–Kier alpha value is -1.06. The first-order valence-corrected chi connectivity index (χ1v) is 6.75. The number of rotatable bonds is 4. The number of para-hydroxylation sites is 1. The Kier molecular flexibility index (Phi) is 4.25. The molecular weight excluding hydrogens is 226 g/mol. The lowest BCUT2D eigenvalue weighted by molar-refractivity contribution is -0.0916. The van der Waals surface area contributed by atoms with E-state index < -0.39 is 5.60 Å². The Labute approximate surface area is 109 Å². The van der Waals surface area contributed by atoms with Crippen molar-refractivity contribution in [3.05, 3.63) is 30.3 Å². The van der Waals surface area contributed by atoms with Crippen molar-refractivity contribution in [2.75, 3.05) is 13.1 Å². The fourth-order valence-electron chi connectivity index (χ4n) is 2.64. The molecule has 1 aromatic carbocycles. The molecule has 0 amide bonds. The van der Waals surface area contributed by atoms with Crippen molar-refractivity contribution < 1.29 is 9.84 Å². The minimum absolute atomic E-state index is 0.170. The van der Waals surface area contributed by atoms with Crippen LogP contribution in [0.3, 0.4) is 0 Å². The Morgan fingerprint density at radius 3 is 2.78 bits per heavy atom. The lowest BCUT2D eigenvalue weighted by atomic mass is 9.82. The van der Waals surface area contributed by atoms with E-state index in [-0.39, 0.29) is 6.10 Å². The fraction of sp³-hybridized carbons (Fsp3) is 0.600. The molecular formula is C15H23NO2. The molecule has 2 atom stereocenters. The third-order valence-electron chi connectivity index (χ3n) is 3.45. The van der Waals surface area contributed by atoms with Gasteiger partial charge in [-0.05, 0) is 37.4 Å². The Balaban J connectivity index is 2.08. The minimum atomic E-state index is -0.713. The summed E-state index contributed by atoms with van der Waals surface area (Å²) < 4.78 is 5.96. The summed E-state index contributed by atoms with van der Waals surface area (Å²) in [5.74, 6) is 1.29. The van der Waals surface area contributed by atoms with Crippen LogP contribution in [0.2, 0.25) is 0 Å². The molecule has 0 bridgehead atoms. The lowest BCUT2D eigenvalue weighted by Crippen LogP contribution is -2.57. The van der Waals surface area contributed by atoms with Gasteiger partial charge in [-0.25, -0.2) is 0 Å². The summed E-state index contributed by atoms with van der Waals surface area (Å²) in [5, 5.41) is 14.1. The van der Waals surface area contributed by atoms with Crippen molar-refractivity contribution in [1.82, 2.24) is 5.32 Å². The molecule has 18 heavy (non-hydrogen) atoms. The molecule has 0 unspecified atom stereocenters. The zero-order chi connectivity index (χ0) is 13.0. The summed E-state index contributed by atoms with van der Waals surface area (Å²) in [6, 6.07) is 9.74. The normalized spacial score (nSPS) is 28.3. The summed E-state index contributed by atoms with van der Waals surface area (Å²) in [6.07, 6.45) is 1.37. The molecule has 1 aliphatic heterocycles. The van der Waals surface area contributed by atoms with E-state index in [2.05, 4.69) is 19.2 Å². The van der Waals surface area contributed by atoms with Crippen LogP contribution in [0.4, 0.5) is 0 Å². The number of hydrogen-bond acceptors (Lipinski definition) is 3. The largest absolute Gasteiger partial charge is 0.486 e. The van der Waals surface area contributed by atoms with E-state index in [0.29, 0.717) is 12.5 Å². The van der Waals surface area contributed by atoms with E-state index in [4.69, 9.17) is 4.74 Å². The van der Waals surface area contributed by atoms with E-state index in [1.165, 1.54) is 0 Å². The van der Waals surface area contributed by atoms with Crippen molar-refractivity contribution in [1.29, 1.82) is 0 Å². The topological polar surface area (TPSA) is 41.5 Å². The van der Waals surface area contributed by atoms with Crippen LogP contribution < -0.4 is 10.1 Å². The number of benzene rings is 1. The van der Waals surface area contributed by atoms with Crippen LogP contribution in [0.1, 0.15) is 26.7 Å². The summed E-state index contributed by atoms with van der Waals surface area (Å²) >= 11 is 0. The van der Waals surface area contributed by atoms with Gasteiger partial charge in [-0.3, -0.25) is 0 Å². The van der Waals surface area contributed by atoms with Crippen LogP contribution in [0, 0.1) is 5.92 Å². The van der Waals surface area contributed by atoms with Crippen molar-refractivity contribution in [3.8, 4) is 5.75 Å². The average molecular weight is 249 g/mol. The third kappa shape index (κ3) is 3.24. The second-order valence-corrected chi connectivity index (χ2v) is 5.58. The van der Waals surface area contributed by atoms with Crippen LogP contribution in [-0.4, -0.2) is 29.9 Å². The number of nitrogens with one attached hydrogen (secondary N) is 1. The monoisotopic (exact) mass is 249 g/mol. The molecule has 1 aliphatic rings. The molecule has 1 fully saturated rings. The molecule has 0 radical (unpaired) electrons. The Morgan fingerprint density at radius 1 is 1.39 bits per heavy atom. The van der Waals surface area contributed by atoms with Gasteiger partial charge in [0.05, 0.1) is 0 Å². The van der Waals surface area contributed by atoms with Gasteiger partial charge < -0.3 is 15.2 Å². The molecule has 0 aliphatic carbocycles. The molecule has 1 aromatic rings. The predicted molar refractivity (Wildman–Crippen MR) is 72.7 cm³/mol. The number of aliphatic hydroxyl groups is 1. The minimum Gasteiger partial charge on any atom is -0.486 e. The maximum absolute atomic E-state index is 10.8. The molecule has 3 heteroatoms. The van der Waals surface area contributed by atoms with Gasteiger partial charge in [0.2, 0.25) is 0 Å². The highest BCUT2D eigenvalue weighted by Gasteiger charge is 2.41. The van der Waals surface area contributed by atoms with Crippen molar-refractivity contribution in [2.24, 2.45) is 5.92 Å². The van der Waals surface area contributed by atoms with Gasteiger partial charge in [0.15, 0.2) is 0 Å².